The summed E-state index contributed by atoms with van der Waals surface area (Å²) >= 11 is 0. The first kappa shape index (κ1) is 13.8. The summed E-state index contributed by atoms with van der Waals surface area (Å²) in [6.45, 7) is 1.70. The number of aromatic hydroxyl groups is 1. The molecule has 19 heavy (non-hydrogen) atoms. The Balaban J connectivity index is 2.23. The van der Waals surface area contributed by atoms with Crippen molar-refractivity contribution in [2.24, 2.45) is 0 Å². The summed E-state index contributed by atoms with van der Waals surface area (Å²) in [5.74, 6) is -0.187. The molecule has 0 saturated carbocycles. The van der Waals surface area contributed by atoms with Crippen LogP contribution in [-0.4, -0.2) is 49.1 Å². The fraction of sp³-hybridized carbons (Fsp3) is 0.417. The van der Waals surface area contributed by atoms with Gasteiger partial charge in [-0.3, -0.25) is 4.79 Å². The molecule has 0 bridgehead atoms. The Morgan fingerprint density at radius 3 is 2.79 bits per heavy atom. The Morgan fingerprint density at radius 1 is 1.53 bits per heavy atom. The maximum atomic E-state index is 12.1. The van der Waals surface area contributed by atoms with E-state index in [0.717, 1.165) is 4.31 Å². The van der Waals surface area contributed by atoms with Gasteiger partial charge in [-0.2, -0.15) is 4.31 Å². The second kappa shape index (κ2) is 4.82. The fourth-order valence-corrected chi connectivity index (χ4v) is 3.01. The molecule has 0 amide bonds. The van der Waals surface area contributed by atoms with Crippen molar-refractivity contribution in [3.05, 3.63) is 23.8 Å². The van der Waals surface area contributed by atoms with E-state index >= 15 is 0 Å². The number of hydrogen-bond acceptors (Lipinski definition) is 5. The van der Waals surface area contributed by atoms with Gasteiger partial charge in [0.25, 0.3) is 0 Å². The summed E-state index contributed by atoms with van der Waals surface area (Å²) in [7, 11) is -1.91. The number of carbonyl (C=O) groups excluding carboxylic acids is 1. The van der Waals surface area contributed by atoms with Gasteiger partial charge >= 0.3 is 0 Å². The van der Waals surface area contributed by atoms with Gasteiger partial charge < -0.3 is 9.84 Å². The average Bonchev–Trinajstić information content (AvgIpc) is 3.19. The maximum Gasteiger partial charge on any atom is 0.214 e. The van der Waals surface area contributed by atoms with Crippen molar-refractivity contribution < 1.29 is 23.1 Å². The summed E-state index contributed by atoms with van der Waals surface area (Å²) in [4.78, 5) is 12.1. The van der Waals surface area contributed by atoms with Crippen LogP contribution in [0.15, 0.2) is 18.2 Å². The molecule has 1 fully saturated rings. The molecule has 0 aromatic heterocycles. The number of ether oxygens (including phenoxy) is 1. The van der Waals surface area contributed by atoms with Gasteiger partial charge in [-0.1, -0.05) is 0 Å². The largest absolute Gasteiger partial charge is 0.507 e. The highest BCUT2D eigenvalue weighted by Crippen LogP contribution is 2.31. The lowest BCUT2D eigenvalue weighted by atomic mass is 10.1. The number of carbonyl (C=O) groups is 1. The van der Waals surface area contributed by atoms with Crippen LogP contribution >= 0.6 is 0 Å². The molecule has 104 valence electrons. The van der Waals surface area contributed by atoms with Gasteiger partial charge in [0.15, 0.2) is 5.78 Å². The predicted molar refractivity (Wildman–Crippen MR) is 68.9 cm³/mol. The van der Waals surface area contributed by atoms with Crippen LogP contribution in [-0.2, 0) is 10.0 Å². The molecule has 2 atom stereocenters. The van der Waals surface area contributed by atoms with E-state index < -0.39 is 21.8 Å². The number of Topliss-reactive ketones (excluding diaryl/α,β-unsaturated/α-hetero) is 1. The van der Waals surface area contributed by atoms with E-state index in [1.54, 1.807) is 0 Å². The molecule has 1 heterocycles. The Labute approximate surface area is 111 Å². The van der Waals surface area contributed by atoms with Crippen molar-refractivity contribution >= 4 is 15.8 Å². The summed E-state index contributed by atoms with van der Waals surface area (Å²) in [6.07, 6.45) is 0. The van der Waals surface area contributed by atoms with Crippen molar-refractivity contribution in [3.8, 4) is 11.5 Å². The van der Waals surface area contributed by atoms with Crippen LogP contribution in [0.4, 0.5) is 0 Å². The van der Waals surface area contributed by atoms with Crippen molar-refractivity contribution in [1.29, 1.82) is 0 Å². The van der Waals surface area contributed by atoms with Gasteiger partial charge in [0.05, 0.1) is 18.4 Å². The smallest absolute Gasteiger partial charge is 0.214 e. The SMILES string of the molecule is CCS(=O)(=O)N1C[C@@H]1C(=O)c1cc(OC)ccc1O. The molecular formula is C12H15NO5S. The van der Waals surface area contributed by atoms with Gasteiger partial charge in [0.2, 0.25) is 10.0 Å². The molecular weight excluding hydrogens is 270 g/mol. The van der Waals surface area contributed by atoms with Crippen molar-refractivity contribution in [2.45, 2.75) is 13.0 Å². The van der Waals surface area contributed by atoms with E-state index in [0.29, 0.717) is 5.75 Å². The molecule has 1 aromatic carbocycles. The standard InChI is InChI=1S/C12H15NO5S/c1-3-19(16,17)13-7-10(13)12(15)9-6-8(18-2)4-5-11(9)14/h4-6,10,14H,3,7H2,1-2H3/t10-,13?/m1/s1. The second-order valence-corrected chi connectivity index (χ2v) is 6.44. The first-order valence-electron chi connectivity index (χ1n) is 5.81. The molecule has 1 aliphatic rings. The van der Waals surface area contributed by atoms with Crippen molar-refractivity contribution in [1.82, 2.24) is 4.31 Å². The van der Waals surface area contributed by atoms with Crippen LogP contribution in [0.3, 0.4) is 0 Å². The Kier molecular flexibility index (Phi) is 3.51. The van der Waals surface area contributed by atoms with Gasteiger partial charge in [0.1, 0.15) is 17.5 Å². The molecule has 1 N–H and O–H groups in total. The molecule has 0 aliphatic carbocycles. The van der Waals surface area contributed by atoms with Crippen LogP contribution < -0.4 is 4.74 Å². The van der Waals surface area contributed by atoms with E-state index in [2.05, 4.69) is 0 Å². The Hall–Kier alpha value is -1.60. The van der Waals surface area contributed by atoms with E-state index in [9.17, 15) is 18.3 Å². The minimum absolute atomic E-state index is 0.0408. The minimum atomic E-state index is -3.36. The van der Waals surface area contributed by atoms with Gasteiger partial charge in [-0.15, -0.1) is 0 Å². The number of sulfonamides is 1. The highest BCUT2D eigenvalue weighted by atomic mass is 32.2. The molecule has 2 rings (SSSR count). The summed E-state index contributed by atoms with van der Waals surface area (Å²) in [5, 5.41) is 9.68. The number of phenolic OH excluding ortho intramolecular Hbond substituents is 1. The lowest BCUT2D eigenvalue weighted by Crippen LogP contribution is -2.21. The number of phenols is 1. The predicted octanol–water partition coefficient (Wildman–Crippen LogP) is 0.617. The zero-order chi connectivity index (χ0) is 14.2. The minimum Gasteiger partial charge on any atom is -0.507 e. The first-order valence-corrected chi connectivity index (χ1v) is 7.42. The van der Waals surface area contributed by atoms with E-state index in [1.807, 2.05) is 0 Å². The van der Waals surface area contributed by atoms with Crippen LogP contribution in [0.5, 0.6) is 11.5 Å². The number of methoxy groups -OCH3 is 1. The number of nitrogens with zero attached hydrogens (tertiary/aromatic N) is 1. The topological polar surface area (TPSA) is 83.7 Å². The number of hydrogen-bond donors (Lipinski definition) is 1. The number of benzene rings is 1. The first-order chi connectivity index (χ1) is 8.90. The summed E-state index contributed by atoms with van der Waals surface area (Å²) in [5.41, 5.74) is 0.0816. The Morgan fingerprint density at radius 2 is 2.21 bits per heavy atom. The molecule has 0 radical (unpaired) electrons. The maximum absolute atomic E-state index is 12.1. The molecule has 1 unspecified atom stereocenters. The molecule has 6 nitrogen and oxygen atoms in total. The monoisotopic (exact) mass is 285 g/mol. The molecule has 1 aliphatic heterocycles. The van der Waals surface area contributed by atoms with Crippen LogP contribution in [0, 0.1) is 0 Å². The van der Waals surface area contributed by atoms with E-state index in [4.69, 9.17) is 4.74 Å². The third-order valence-corrected chi connectivity index (χ3v) is 4.91. The molecule has 7 heteroatoms. The normalized spacial score (nSPS) is 22.0. The van der Waals surface area contributed by atoms with Crippen molar-refractivity contribution in [3.63, 3.8) is 0 Å². The van der Waals surface area contributed by atoms with E-state index in [-0.39, 0.29) is 23.6 Å². The molecule has 0 spiro atoms. The lowest BCUT2D eigenvalue weighted by Gasteiger charge is -2.07. The highest BCUT2D eigenvalue weighted by Gasteiger charge is 2.48. The lowest BCUT2D eigenvalue weighted by molar-refractivity contribution is 0.0980. The van der Waals surface area contributed by atoms with Gasteiger partial charge in [0, 0.05) is 6.54 Å². The summed E-state index contributed by atoms with van der Waals surface area (Å²) in [6, 6.07) is 3.59. The second-order valence-electron chi connectivity index (χ2n) is 4.23. The Bertz CT molecular complexity index is 611. The highest BCUT2D eigenvalue weighted by molar-refractivity contribution is 7.89. The van der Waals surface area contributed by atoms with Crippen molar-refractivity contribution in [2.75, 3.05) is 19.4 Å². The quantitative estimate of drug-likeness (QED) is 0.633. The van der Waals surface area contributed by atoms with Crippen LogP contribution in [0.25, 0.3) is 0 Å². The zero-order valence-electron chi connectivity index (χ0n) is 10.7. The van der Waals surface area contributed by atoms with Crippen LogP contribution in [0.1, 0.15) is 17.3 Å². The molecule has 1 aromatic rings. The summed E-state index contributed by atoms with van der Waals surface area (Å²) < 4.78 is 29.3. The fourth-order valence-electron chi connectivity index (χ4n) is 1.83. The van der Waals surface area contributed by atoms with E-state index in [1.165, 1.54) is 32.2 Å². The third kappa shape index (κ3) is 2.57. The molecule has 1 saturated heterocycles. The van der Waals surface area contributed by atoms with Gasteiger partial charge in [-0.05, 0) is 25.1 Å². The number of ketones is 1. The zero-order valence-corrected chi connectivity index (χ0v) is 11.5. The van der Waals surface area contributed by atoms with Gasteiger partial charge in [-0.25, -0.2) is 8.42 Å². The van der Waals surface area contributed by atoms with Crippen LogP contribution in [0.2, 0.25) is 0 Å². The average molecular weight is 285 g/mol. The third-order valence-electron chi connectivity index (χ3n) is 3.06. The number of rotatable bonds is 5.